The molecule has 5 nitrogen and oxygen atoms in total. The van der Waals surface area contributed by atoms with Crippen molar-refractivity contribution in [1.29, 1.82) is 0 Å². The first-order valence-corrected chi connectivity index (χ1v) is 9.05. The van der Waals surface area contributed by atoms with E-state index in [-0.39, 0.29) is 28.6 Å². The van der Waals surface area contributed by atoms with Gasteiger partial charge in [0.05, 0.1) is 17.0 Å². The first kappa shape index (κ1) is 19.3. The molecule has 2 aromatic rings. The lowest BCUT2D eigenvalue weighted by Gasteiger charge is -2.13. The summed E-state index contributed by atoms with van der Waals surface area (Å²) in [6.45, 7) is 0.113. The molecule has 0 spiro atoms. The molecule has 1 aliphatic rings. The molecule has 2 amide bonds. The molecule has 0 aromatic heterocycles. The Morgan fingerprint density at radius 3 is 2.67 bits per heavy atom. The Balaban J connectivity index is 1.85. The van der Waals surface area contributed by atoms with Crippen molar-refractivity contribution in [2.24, 2.45) is 0 Å². The maximum Gasteiger partial charge on any atom is 0.293 e. The van der Waals surface area contributed by atoms with Gasteiger partial charge in [-0.15, -0.1) is 0 Å². The lowest BCUT2D eigenvalue weighted by Crippen LogP contribution is -2.22. The van der Waals surface area contributed by atoms with Crippen LogP contribution in [0.3, 0.4) is 0 Å². The van der Waals surface area contributed by atoms with E-state index in [1.807, 2.05) is 0 Å². The summed E-state index contributed by atoms with van der Waals surface area (Å²) in [5.74, 6) is -0.0500. The van der Waals surface area contributed by atoms with E-state index >= 15 is 0 Å². The summed E-state index contributed by atoms with van der Waals surface area (Å²) in [7, 11) is 2.89. The van der Waals surface area contributed by atoms with Gasteiger partial charge in [-0.05, 0) is 53.2 Å². The van der Waals surface area contributed by atoms with Gasteiger partial charge in [0.1, 0.15) is 12.4 Å². The molecular weight excluding hydrogens is 393 g/mol. The number of rotatable bonds is 5. The number of benzene rings is 2. The zero-order valence-electron chi connectivity index (χ0n) is 14.5. The zero-order valence-corrected chi connectivity index (χ0v) is 16.1. The third-order valence-electron chi connectivity index (χ3n) is 3.81. The summed E-state index contributed by atoms with van der Waals surface area (Å²) in [6, 6.07) is 9.31. The van der Waals surface area contributed by atoms with E-state index in [0.717, 1.165) is 16.7 Å². The summed E-state index contributed by atoms with van der Waals surface area (Å²) < 4.78 is 24.3. The molecule has 0 unspecified atom stereocenters. The minimum absolute atomic E-state index is 0.113. The van der Waals surface area contributed by atoms with Gasteiger partial charge < -0.3 is 9.47 Å². The van der Waals surface area contributed by atoms with E-state index in [0.29, 0.717) is 27.5 Å². The highest BCUT2D eigenvalue weighted by atomic mass is 35.5. The van der Waals surface area contributed by atoms with Crippen molar-refractivity contribution in [3.63, 3.8) is 0 Å². The Labute approximate surface area is 164 Å². The van der Waals surface area contributed by atoms with Gasteiger partial charge >= 0.3 is 0 Å². The predicted molar refractivity (Wildman–Crippen MR) is 102 cm³/mol. The van der Waals surface area contributed by atoms with Crippen LogP contribution in [0, 0.1) is 5.82 Å². The van der Waals surface area contributed by atoms with Crippen LogP contribution in [0.15, 0.2) is 41.3 Å². The van der Waals surface area contributed by atoms with Crippen LogP contribution >= 0.6 is 23.4 Å². The second-order valence-corrected chi connectivity index (χ2v) is 7.09. The normalized spacial score (nSPS) is 15.6. The molecule has 0 atom stereocenters. The zero-order chi connectivity index (χ0) is 19.6. The lowest BCUT2D eigenvalue weighted by molar-refractivity contribution is -0.121. The molecule has 1 aliphatic heterocycles. The number of imide groups is 1. The lowest BCUT2D eigenvalue weighted by atomic mass is 10.1. The Hall–Kier alpha value is -2.51. The number of likely N-dealkylation sites (N-methyl/N-ethyl adjacent to an activating group) is 1. The van der Waals surface area contributed by atoms with Crippen LogP contribution in [0.1, 0.15) is 11.1 Å². The van der Waals surface area contributed by atoms with Crippen LogP contribution in [-0.2, 0) is 11.4 Å². The summed E-state index contributed by atoms with van der Waals surface area (Å²) in [6.07, 6.45) is 1.57. The number of nitrogens with zero attached hydrogens (tertiary/aromatic N) is 1. The SMILES string of the molecule is COc1cc(/C=C2\SC(=O)N(C)C2=O)cc(Cl)c1OCc1cccc(F)c1. The molecule has 8 heteroatoms. The summed E-state index contributed by atoms with van der Waals surface area (Å²) >= 11 is 7.17. The number of thioether (sulfide) groups is 1. The van der Waals surface area contributed by atoms with E-state index in [4.69, 9.17) is 21.1 Å². The van der Waals surface area contributed by atoms with Crippen LogP contribution < -0.4 is 9.47 Å². The molecule has 1 saturated heterocycles. The van der Waals surface area contributed by atoms with Crippen LogP contribution in [0.5, 0.6) is 11.5 Å². The Kier molecular flexibility index (Phi) is 5.72. The van der Waals surface area contributed by atoms with Crippen LogP contribution in [0.4, 0.5) is 9.18 Å². The van der Waals surface area contributed by atoms with E-state index in [1.54, 1.807) is 30.3 Å². The quantitative estimate of drug-likeness (QED) is 0.670. The van der Waals surface area contributed by atoms with Crippen molar-refractivity contribution in [2.45, 2.75) is 6.61 Å². The van der Waals surface area contributed by atoms with Crippen LogP contribution in [0.25, 0.3) is 6.08 Å². The van der Waals surface area contributed by atoms with Crippen molar-refractivity contribution in [3.8, 4) is 11.5 Å². The fourth-order valence-corrected chi connectivity index (χ4v) is 3.54. The number of hydrogen-bond acceptors (Lipinski definition) is 5. The van der Waals surface area contributed by atoms with Gasteiger partial charge in [-0.3, -0.25) is 14.5 Å². The van der Waals surface area contributed by atoms with Crippen LogP contribution in [-0.4, -0.2) is 30.2 Å². The van der Waals surface area contributed by atoms with E-state index in [2.05, 4.69) is 0 Å². The van der Waals surface area contributed by atoms with Gasteiger partial charge in [0.2, 0.25) is 0 Å². The smallest absolute Gasteiger partial charge is 0.293 e. The third-order valence-corrected chi connectivity index (χ3v) is 5.05. The number of carbonyl (C=O) groups excluding carboxylic acids is 2. The van der Waals surface area contributed by atoms with Gasteiger partial charge in [0.15, 0.2) is 11.5 Å². The first-order chi connectivity index (χ1) is 12.9. The Morgan fingerprint density at radius 1 is 1.26 bits per heavy atom. The largest absolute Gasteiger partial charge is 0.493 e. The second-order valence-electron chi connectivity index (χ2n) is 5.69. The monoisotopic (exact) mass is 407 g/mol. The number of carbonyl (C=O) groups is 2. The summed E-state index contributed by atoms with van der Waals surface area (Å²) in [5.41, 5.74) is 1.24. The molecule has 0 saturated carbocycles. The molecule has 1 fully saturated rings. The maximum atomic E-state index is 13.3. The minimum Gasteiger partial charge on any atom is -0.493 e. The predicted octanol–water partition coefficient (Wildman–Crippen LogP) is 4.73. The summed E-state index contributed by atoms with van der Waals surface area (Å²) in [4.78, 5) is 25.0. The number of ether oxygens (including phenoxy) is 2. The van der Waals surface area contributed by atoms with Crippen molar-refractivity contribution in [2.75, 3.05) is 14.2 Å². The molecule has 3 rings (SSSR count). The van der Waals surface area contributed by atoms with Gasteiger partial charge in [-0.25, -0.2) is 4.39 Å². The van der Waals surface area contributed by atoms with Gasteiger partial charge in [0.25, 0.3) is 11.1 Å². The van der Waals surface area contributed by atoms with Gasteiger partial charge in [-0.2, -0.15) is 0 Å². The molecule has 0 radical (unpaired) electrons. The van der Waals surface area contributed by atoms with Crippen molar-refractivity contribution in [3.05, 3.63) is 63.3 Å². The fraction of sp³-hybridized carbons (Fsp3) is 0.158. The van der Waals surface area contributed by atoms with E-state index < -0.39 is 0 Å². The van der Waals surface area contributed by atoms with Crippen LogP contribution in [0.2, 0.25) is 5.02 Å². The average Bonchev–Trinajstić information content (AvgIpc) is 2.87. The maximum absolute atomic E-state index is 13.3. The standard InChI is InChI=1S/C19H15ClFNO4S/c1-22-18(23)16(27-19(22)24)9-12-7-14(20)17(15(8-12)25-2)26-10-11-4-3-5-13(21)6-11/h3-9H,10H2,1-2H3/b16-9-. The molecule has 0 bridgehead atoms. The van der Waals surface area contributed by atoms with Crippen molar-refractivity contribution >= 4 is 40.6 Å². The number of methoxy groups -OCH3 is 1. The molecule has 1 heterocycles. The highest BCUT2D eigenvalue weighted by Crippen LogP contribution is 2.39. The number of amides is 2. The van der Waals surface area contributed by atoms with E-state index in [1.165, 1.54) is 26.3 Å². The topological polar surface area (TPSA) is 55.8 Å². The summed E-state index contributed by atoms with van der Waals surface area (Å²) in [5, 5.41) is -0.0629. The molecular formula is C19H15ClFNO4S. The van der Waals surface area contributed by atoms with E-state index in [9.17, 15) is 14.0 Å². The highest BCUT2D eigenvalue weighted by Gasteiger charge is 2.31. The number of halogens is 2. The first-order valence-electron chi connectivity index (χ1n) is 7.85. The third kappa shape index (κ3) is 4.26. The average molecular weight is 408 g/mol. The van der Waals surface area contributed by atoms with Gasteiger partial charge in [0, 0.05) is 7.05 Å². The minimum atomic E-state index is -0.369. The molecule has 140 valence electrons. The molecule has 0 N–H and O–H groups in total. The Bertz CT molecular complexity index is 947. The van der Waals surface area contributed by atoms with Gasteiger partial charge in [-0.1, -0.05) is 23.7 Å². The highest BCUT2D eigenvalue weighted by molar-refractivity contribution is 8.18. The molecule has 0 aliphatic carbocycles. The Morgan fingerprint density at radius 2 is 2.04 bits per heavy atom. The van der Waals surface area contributed by atoms with Crippen molar-refractivity contribution in [1.82, 2.24) is 4.90 Å². The molecule has 2 aromatic carbocycles. The number of hydrogen-bond donors (Lipinski definition) is 0. The second kappa shape index (κ2) is 8.02. The fourth-order valence-electron chi connectivity index (χ4n) is 2.44. The molecule has 27 heavy (non-hydrogen) atoms. The van der Waals surface area contributed by atoms with Crippen molar-refractivity contribution < 1.29 is 23.5 Å².